The van der Waals surface area contributed by atoms with Crippen molar-refractivity contribution in [3.05, 3.63) is 35.1 Å². The molecule has 31 heavy (non-hydrogen) atoms. The average molecular weight is 444 g/mol. The zero-order valence-corrected chi connectivity index (χ0v) is 18.0. The van der Waals surface area contributed by atoms with Gasteiger partial charge >= 0.3 is 12.1 Å². The Balaban J connectivity index is 2.18. The second-order valence-electron chi connectivity index (χ2n) is 8.28. The molecule has 1 aromatic rings. The van der Waals surface area contributed by atoms with E-state index in [0.29, 0.717) is 31.5 Å². The van der Waals surface area contributed by atoms with Gasteiger partial charge in [-0.3, -0.25) is 14.5 Å². The number of hydrogen-bond donors (Lipinski definition) is 0. The molecule has 1 atom stereocenters. The quantitative estimate of drug-likeness (QED) is 0.498. The summed E-state index contributed by atoms with van der Waals surface area (Å²) >= 11 is 0. The average Bonchev–Trinajstić information content (AvgIpc) is 3.16. The summed E-state index contributed by atoms with van der Waals surface area (Å²) in [6.45, 7) is 4.84. The van der Waals surface area contributed by atoms with E-state index in [1.807, 2.05) is 0 Å². The molecule has 1 saturated heterocycles. The highest BCUT2D eigenvalue weighted by molar-refractivity contribution is 5.89. The molecule has 0 saturated carbocycles. The zero-order chi connectivity index (χ0) is 23.3. The highest BCUT2D eigenvalue weighted by atomic mass is 19.2. The Labute approximate surface area is 179 Å². The fourth-order valence-corrected chi connectivity index (χ4v) is 3.27. The number of carbonyl (C=O) groups is 3. The second-order valence-corrected chi connectivity index (χ2v) is 8.28. The molecule has 2 rings (SSSR count). The van der Waals surface area contributed by atoms with Gasteiger partial charge in [0, 0.05) is 19.2 Å². The maximum Gasteiger partial charge on any atom is 0.410 e. The van der Waals surface area contributed by atoms with Crippen LogP contribution in [0.3, 0.4) is 0 Å². The fraction of sp³-hybridized carbons (Fsp3) is 0.571. The molecule has 1 heterocycles. The SMILES string of the molecule is COC(=O)CN(CCc1cc(F)c(F)cc1F)C(=O)C1CCCN1C(=O)OC(C)(C)C. The van der Waals surface area contributed by atoms with Gasteiger partial charge in [0.1, 0.15) is 24.0 Å². The lowest BCUT2D eigenvalue weighted by Gasteiger charge is -2.31. The Morgan fingerprint density at radius 2 is 1.77 bits per heavy atom. The van der Waals surface area contributed by atoms with Crippen LogP contribution in [-0.4, -0.2) is 66.2 Å². The van der Waals surface area contributed by atoms with Crippen LogP contribution in [0, 0.1) is 17.5 Å². The molecule has 0 spiro atoms. The molecular formula is C21H27F3N2O5. The summed E-state index contributed by atoms with van der Waals surface area (Å²) in [5.41, 5.74) is -0.889. The lowest BCUT2D eigenvalue weighted by molar-refractivity contribution is -0.148. The minimum absolute atomic E-state index is 0.142. The third kappa shape index (κ3) is 6.60. The van der Waals surface area contributed by atoms with E-state index < -0.39 is 53.6 Å². The molecule has 1 unspecified atom stereocenters. The molecule has 1 fully saturated rings. The predicted octanol–water partition coefficient (Wildman–Crippen LogP) is 3.05. The number of methoxy groups -OCH3 is 1. The first-order valence-electron chi connectivity index (χ1n) is 9.91. The van der Waals surface area contributed by atoms with Crippen LogP contribution in [-0.2, 0) is 25.5 Å². The molecule has 172 valence electrons. The van der Waals surface area contributed by atoms with Crippen LogP contribution in [0.5, 0.6) is 0 Å². The van der Waals surface area contributed by atoms with Crippen molar-refractivity contribution in [3.63, 3.8) is 0 Å². The molecule has 1 aliphatic heterocycles. The molecule has 7 nitrogen and oxygen atoms in total. The van der Waals surface area contributed by atoms with Gasteiger partial charge in [-0.25, -0.2) is 18.0 Å². The lowest BCUT2D eigenvalue weighted by atomic mass is 10.1. The summed E-state index contributed by atoms with van der Waals surface area (Å²) in [7, 11) is 1.16. The summed E-state index contributed by atoms with van der Waals surface area (Å²) in [6, 6.07) is 0.293. The molecule has 1 aromatic carbocycles. The van der Waals surface area contributed by atoms with Crippen molar-refractivity contribution < 1.29 is 37.0 Å². The van der Waals surface area contributed by atoms with E-state index in [4.69, 9.17) is 4.74 Å². The number of hydrogen-bond acceptors (Lipinski definition) is 5. The molecular weight excluding hydrogens is 417 g/mol. The second kappa shape index (κ2) is 10.0. The summed E-state index contributed by atoms with van der Waals surface area (Å²) in [5, 5.41) is 0. The number of rotatable bonds is 6. The Morgan fingerprint density at radius 1 is 1.13 bits per heavy atom. The molecule has 0 N–H and O–H groups in total. The van der Waals surface area contributed by atoms with E-state index in [2.05, 4.69) is 4.74 Å². The van der Waals surface area contributed by atoms with Crippen molar-refractivity contribution in [3.8, 4) is 0 Å². The van der Waals surface area contributed by atoms with Crippen molar-refractivity contribution in [1.29, 1.82) is 0 Å². The standard InChI is InChI=1S/C21H27F3N2O5/c1-21(2,3)31-20(29)26-8-5-6-17(26)19(28)25(12-18(27)30-4)9-7-13-10-15(23)16(24)11-14(13)22/h10-11,17H,5-9,12H2,1-4H3. The Kier molecular flexibility index (Phi) is 7.91. The highest BCUT2D eigenvalue weighted by Gasteiger charge is 2.39. The Bertz CT molecular complexity index is 841. The number of nitrogens with zero attached hydrogens (tertiary/aromatic N) is 2. The molecule has 10 heteroatoms. The first-order valence-corrected chi connectivity index (χ1v) is 9.91. The van der Waals surface area contributed by atoms with Crippen LogP contribution in [0.1, 0.15) is 39.2 Å². The topological polar surface area (TPSA) is 76.2 Å². The predicted molar refractivity (Wildman–Crippen MR) is 105 cm³/mol. The van der Waals surface area contributed by atoms with Crippen LogP contribution < -0.4 is 0 Å². The lowest BCUT2D eigenvalue weighted by Crippen LogP contribution is -2.50. The van der Waals surface area contributed by atoms with Gasteiger partial charge in [0.15, 0.2) is 11.6 Å². The van der Waals surface area contributed by atoms with Crippen LogP contribution >= 0.6 is 0 Å². The van der Waals surface area contributed by atoms with Gasteiger partial charge in [0.05, 0.1) is 7.11 Å². The number of amides is 2. The fourth-order valence-electron chi connectivity index (χ4n) is 3.27. The van der Waals surface area contributed by atoms with Gasteiger partial charge in [-0.15, -0.1) is 0 Å². The summed E-state index contributed by atoms with van der Waals surface area (Å²) in [6.07, 6.45) is 0.132. The van der Waals surface area contributed by atoms with Gasteiger partial charge in [0.2, 0.25) is 5.91 Å². The minimum atomic E-state index is -1.32. The van der Waals surface area contributed by atoms with E-state index in [1.54, 1.807) is 20.8 Å². The number of halogens is 3. The van der Waals surface area contributed by atoms with E-state index in [1.165, 1.54) is 4.90 Å². The molecule has 0 aliphatic carbocycles. The highest BCUT2D eigenvalue weighted by Crippen LogP contribution is 2.23. The zero-order valence-electron chi connectivity index (χ0n) is 18.0. The van der Waals surface area contributed by atoms with Crippen LogP contribution in [0.15, 0.2) is 12.1 Å². The van der Waals surface area contributed by atoms with E-state index in [0.717, 1.165) is 12.0 Å². The Morgan fingerprint density at radius 3 is 2.39 bits per heavy atom. The third-order valence-electron chi connectivity index (χ3n) is 4.77. The maximum absolute atomic E-state index is 14.0. The summed E-state index contributed by atoms with van der Waals surface area (Å²) in [4.78, 5) is 39.9. The number of ether oxygens (including phenoxy) is 2. The van der Waals surface area contributed by atoms with Crippen molar-refractivity contribution in [2.45, 2.75) is 51.7 Å². The number of benzene rings is 1. The van der Waals surface area contributed by atoms with E-state index in [9.17, 15) is 27.6 Å². The molecule has 1 aliphatic rings. The normalized spacial score (nSPS) is 16.2. The Hall–Kier alpha value is -2.78. The molecule has 0 bridgehead atoms. The number of esters is 1. The van der Waals surface area contributed by atoms with Crippen LogP contribution in [0.25, 0.3) is 0 Å². The molecule has 0 radical (unpaired) electrons. The minimum Gasteiger partial charge on any atom is -0.468 e. The van der Waals surface area contributed by atoms with Crippen molar-refractivity contribution in [1.82, 2.24) is 9.80 Å². The summed E-state index contributed by atoms with van der Waals surface area (Å²) in [5.74, 6) is -4.73. The maximum atomic E-state index is 14.0. The molecule has 0 aromatic heterocycles. The first-order chi connectivity index (χ1) is 14.4. The van der Waals surface area contributed by atoms with Crippen LogP contribution in [0.2, 0.25) is 0 Å². The number of likely N-dealkylation sites (tertiary alicyclic amines) is 1. The largest absolute Gasteiger partial charge is 0.468 e. The summed E-state index contributed by atoms with van der Waals surface area (Å²) < 4.78 is 50.6. The van der Waals surface area contributed by atoms with Gasteiger partial charge in [-0.2, -0.15) is 0 Å². The van der Waals surface area contributed by atoms with Gasteiger partial charge in [0.25, 0.3) is 0 Å². The van der Waals surface area contributed by atoms with Crippen molar-refractivity contribution in [2.75, 3.05) is 26.7 Å². The monoisotopic (exact) mass is 444 g/mol. The van der Waals surface area contributed by atoms with Gasteiger partial charge in [-0.05, 0) is 51.7 Å². The van der Waals surface area contributed by atoms with Crippen molar-refractivity contribution in [2.24, 2.45) is 0 Å². The van der Waals surface area contributed by atoms with Crippen LogP contribution in [0.4, 0.5) is 18.0 Å². The smallest absolute Gasteiger partial charge is 0.410 e. The number of carbonyl (C=O) groups excluding carboxylic acids is 3. The first kappa shape index (κ1) is 24.5. The third-order valence-corrected chi connectivity index (χ3v) is 4.77. The van der Waals surface area contributed by atoms with E-state index in [-0.39, 0.29) is 18.5 Å². The van der Waals surface area contributed by atoms with E-state index >= 15 is 0 Å². The molecule has 2 amide bonds. The van der Waals surface area contributed by atoms with Gasteiger partial charge in [-0.1, -0.05) is 0 Å². The van der Waals surface area contributed by atoms with Gasteiger partial charge < -0.3 is 14.4 Å². The van der Waals surface area contributed by atoms with Crippen molar-refractivity contribution >= 4 is 18.0 Å².